The summed E-state index contributed by atoms with van der Waals surface area (Å²) >= 11 is 1.36. The number of aromatic nitrogens is 3. The Morgan fingerprint density at radius 1 is 1.48 bits per heavy atom. The van der Waals surface area contributed by atoms with Crippen molar-refractivity contribution < 1.29 is 13.9 Å². The minimum atomic E-state index is -1.56. The van der Waals surface area contributed by atoms with Crippen molar-refractivity contribution in [2.45, 2.75) is 43.2 Å². The highest BCUT2D eigenvalue weighted by atomic mass is 32.2. The molecule has 0 radical (unpaired) electrons. The summed E-state index contributed by atoms with van der Waals surface area (Å²) in [6.45, 7) is 1.83. The van der Waals surface area contributed by atoms with Crippen LogP contribution in [0.25, 0.3) is 0 Å². The lowest BCUT2D eigenvalue weighted by molar-refractivity contribution is 0.0131. The molecule has 1 fully saturated rings. The van der Waals surface area contributed by atoms with Crippen LogP contribution in [0.2, 0.25) is 0 Å². The molecule has 0 amide bonds. The van der Waals surface area contributed by atoms with Crippen LogP contribution in [0.3, 0.4) is 0 Å². The largest absolute Gasteiger partial charge is 0.382 e. The molecule has 124 valence electrons. The fourth-order valence-electron chi connectivity index (χ4n) is 2.33. The second-order valence-electron chi connectivity index (χ2n) is 5.79. The van der Waals surface area contributed by atoms with E-state index in [4.69, 9.17) is 0 Å². The normalized spacial score (nSPS) is 18.6. The lowest BCUT2D eigenvalue weighted by Crippen LogP contribution is -2.42. The van der Waals surface area contributed by atoms with Crippen molar-refractivity contribution in [3.05, 3.63) is 48.1 Å². The van der Waals surface area contributed by atoms with Gasteiger partial charge in [-0.2, -0.15) is 5.10 Å². The highest BCUT2D eigenvalue weighted by Gasteiger charge is 2.40. The van der Waals surface area contributed by atoms with Gasteiger partial charge in [-0.05, 0) is 25.8 Å². The molecule has 23 heavy (non-hydrogen) atoms. The van der Waals surface area contributed by atoms with Crippen molar-refractivity contribution in [2.24, 2.45) is 0 Å². The zero-order valence-corrected chi connectivity index (χ0v) is 13.4. The Hall–Kier alpha value is -1.51. The van der Waals surface area contributed by atoms with Gasteiger partial charge in [0.05, 0.1) is 11.8 Å². The number of hydrogen-bond donors (Lipinski definition) is 2. The number of nitrogens with one attached hydrogen (secondary N) is 1. The van der Waals surface area contributed by atoms with Crippen LogP contribution in [0.4, 0.5) is 8.78 Å². The van der Waals surface area contributed by atoms with Gasteiger partial charge in [-0.1, -0.05) is 18.0 Å². The molecular formula is C15H18F2N4OS. The molecule has 2 N–H and O–H groups in total. The van der Waals surface area contributed by atoms with E-state index in [0.717, 1.165) is 25.0 Å². The lowest BCUT2D eigenvalue weighted by Gasteiger charge is -2.34. The third kappa shape index (κ3) is 3.70. The fraction of sp³-hybridized carbons (Fsp3) is 0.467. The highest BCUT2D eigenvalue weighted by molar-refractivity contribution is 7.98. The molecule has 2 atom stereocenters. The number of rotatable bonds is 7. The number of aliphatic hydroxyl groups is 1. The molecule has 3 rings (SSSR count). The average Bonchev–Trinajstić information content (AvgIpc) is 3.20. The first-order valence-corrected chi connectivity index (χ1v) is 8.28. The van der Waals surface area contributed by atoms with Crippen LogP contribution in [-0.4, -0.2) is 31.2 Å². The standard InChI is InChI=1S/C15H18F2N4OS/c1-10(23-20-12-3-4-12)15(22,7-21-9-18-8-19-21)13-5-2-11(16)6-14(13)17/h2,5-6,8-10,12,20,22H,3-4,7H2,1H3/t10-,15-/m1/s1. The lowest BCUT2D eigenvalue weighted by atomic mass is 9.90. The molecule has 0 saturated heterocycles. The van der Waals surface area contributed by atoms with Crippen molar-refractivity contribution in [1.82, 2.24) is 19.5 Å². The van der Waals surface area contributed by atoms with Crippen LogP contribution in [-0.2, 0) is 12.1 Å². The topological polar surface area (TPSA) is 63.0 Å². The van der Waals surface area contributed by atoms with Gasteiger partial charge in [-0.15, -0.1) is 0 Å². The molecule has 1 heterocycles. The molecule has 0 unspecified atom stereocenters. The zero-order valence-electron chi connectivity index (χ0n) is 12.6. The number of benzene rings is 1. The van der Waals surface area contributed by atoms with E-state index in [9.17, 15) is 13.9 Å². The first-order valence-electron chi connectivity index (χ1n) is 7.40. The smallest absolute Gasteiger partial charge is 0.137 e. The summed E-state index contributed by atoms with van der Waals surface area (Å²) in [6, 6.07) is 3.66. The highest BCUT2D eigenvalue weighted by Crippen LogP contribution is 2.36. The molecule has 2 aromatic rings. The third-order valence-electron chi connectivity index (χ3n) is 3.93. The molecule has 0 aliphatic heterocycles. The van der Waals surface area contributed by atoms with Crippen LogP contribution >= 0.6 is 11.9 Å². The van der Waals surface area contributed by atoms with E-state index in [0.29, 0.717) is 6.04 Å². The third-order valence-corrected chi connectivity index (χ3v) is 5.14. The summed E-state index contributed by atoms with van der Waals surface area (Å²) in [5.41, 5.74) is -1.51. The van der Waals surface area contributed by atoms with Crippen molar-refractivity contribution >= 4 is 11.9 Å². The first kappa shape index (κ1) is 16.4. The van der Waals surface area contributed by atoms with E-state index in [2.05, 4.69) is 14.8 Å². The Morgan fingerprint density at radius 3 is 2.87 bits per heavy atom. The molecular weight excluding hydrogens is 322 g/mol. The summed E-state index contributed by atoms with van der Waals surface area (Å²) in [5, 5.41) is 14.8. The van der Waals surface area contributed by atoms with Crippen LogP contribution < -0.4 is 4.72 Å². The Labute approximate surface area is 137 Å². The molecule has 1 aliphatic rings. The molecule has 8 heteroatoms. The van der Waals surface area contributed by atoms with E-state index >= 15 is 0 Å². The Bertz CT molecular complexity index is 666. The fourth-order valence-corrected chi connectivity index (χ4v) is 3.36. The van der Waals surface area contributed by atoms with Gasteiger partial charge in [0.1, 0.15) is 29.9 Å². The molecule has 1 aromatic carbocycles. The predicted molar refractivity (Wildman–Crippen MR) is 83.5 cm³/mol. The van der Waals surface area contributed by atoms with Gasteiger partial charge in [0, 0.05) is 17.7 Å². The van der Waals surface area contributed by atoms with Crippen molar-refractivity contribution in [1.29, 1.82) is 0 Å². The molecule has 0 bridgehead atoms. The van der Waals surface area contributed by atoms with Gasteiger partial charge in [-0.25, -0.2) is 18.4 Å². The van der Waals surface area contributed by atoms with Crippen LogP contribution in [0.5, 0.6) is 0 Å². The summed E-state index contributed by atoms with van der Waals surface area (Å²) in [6.07, 6.45) is 5.01. The molecule has 5 nitrogen and oxygen atoms in total. The van der Waals surface area contributed by atoms with Crippen molar-refractivity contribution in [2.75, 3.05) is 0 Å². The maximum Gasteiger partial charge on any atom is 0.137 e. The van der Waals surface area contributed by atoms with E-state index in [1.165, 1.54) is 35.4 Å². The first-order chi connectivity index (χ1) is 11.0. The van der Waals surface area contributed by atoms with Gasteiger partial charge >= 0.3 is 0 Å². The Kier molecular flexibility index (Phi) is 4.65. The summed E-state index contributed by atoms with van der Waals surface area (Å²) < 4.78 is 32.2. The second kappa shape index (κ2) is 6.54. The minimum absolute atomic E-state index is 0.0239. The van der Waals surface area contributed by atoms with E-state index in [1.54, 1.807) is 6.92 Å². The minimum Gasteiger partial charge on any atom is -0.382 e. The zero-order chi connectivity index (χ0) is 16.4. The van der Waals surface area contributed by atoms with Crippen LogP contribution in [0.15, 0.2) is 30.9 Å². The number of nitrogens with zero attached hydrogens (tertiary/aromatic N) is 3. The molecule has 0 spiro atoms. The molecule has 1 aromatic heterocycles. The Morgan fingerprint density at radius 2 is 2.26 bits per heavy atom. The number of hydrogen-bond acceptors (Lipinski definition) is 5. The van der Waals surface area contributed by atoms with Gasteiger partial charge in [-0.3, -0.25) is 4.72 Å². The maximum atomic E-state index is 14.3. The van der Waals surface area contributed by atoms with Gasteiger partial charge in [0.15, 0.2) is 0 Å². The van der Waals surface area contributed by atoms with Gasteiger partial charge < -0.3 is 5.11 Å². The van der Waals surface area contributed by atoms with Gasteiger partial charge in [0.2, 0.25) is 0 Å². The summed E-state index contributed by atoms with van der Waals surface area (Å²) in [4.78, 5) is 3.84. The summed E-state index contributed by atoms with van der Waals surface area (Å²) in [7, 11) is 0. The molecule has 1 aliphatic carbocycles. The molecule has 1 saturated carbocycles. The van der Waals surface area contributed by atoms with Crippen molar-refractivity contribution in [3.8, 4) is 0 Å². The summed E-state index contributed by atoms with van der Waals surface area (Å²) in [5.74, 6) is -1.45. The monoisotopic (exact) mass is 340 g/mol. The maximum absolute atomic E-state index is 14.3. The van der Waals surface area contributed by atoms with Crippen LogP contribution in [0.1, 0.15) is 25.3 Å². The quantitative estimate of drug-likeness (QED) is 0.757. The predicted octanol–water partition coefficient (Wildman–Crippen LogP) is 2.23. The van der Waals surface area contributed by atoms with Crippen molar-refractivity contribution in [3.63, 3.8) is 0 Å². The number of halogens is 2. The van der Waals surface area contributed by atoms with E-state index < -0.39 is 17.2 Å². The van der Waals surface area contributed by atoms with Crippen LogP contribution in [0, 0.1) is 11.6 Å². The van der Waals surface area contributed by atoms with E-state index in [-0.39, 0.29) is 17.4 Å². The SMILES string of the molecule is C[C@@H](SNC1CC1)[C@](O)(Cn1cncn1)c1ccc(F)cc1F. The Balaban J connectivity index is 1.90. The average molecular weight is 340 g/mol. The van der Waals surface area contributed by atoms with Gasteiger partial charge in [0.25, 0.3) is 0 Å². The van der Waals surface area contributed by atoms with E-state index in [1.807, 2.05) is 0 Å². The second-order valence-corrected chi connectivity index (χ2v) is 6.97.